The van der Waals surface area contributed by atoms with Crippen LogP contribution in [0.2, 0.25) is 5.02 Å². The van der Waals surface area contributed by atoms with Crippen LogP contribution in [0.3, 0.4) is 0 Å². The SMILES string of the molecule is CCc1nn(CC)c(CC(O)(CC)CN)c1Cl. The summed E-state index contributed by atoms with van der Waals surface area (Å²) in [6.45, 7) is 6.94. The van der Waals surface area contributed by atoms with E-state index in [9.17, 15) is 5.11 Å². The largest absolute Gasteiger partial charge is 0.388 e. The van der Waals surface area contributed by atoms with Gasteiger partial charge in [-0.05, 0) is 19.8 Å². The van der Waals surface area contributed by atoms with Crippen LogP contribution < -0.4 is 5.73 Å². The molecule has 0 radical (unpaired) electrons. The fourth-order valence-corrected chi connectivity index (χ4v) is 2.18. The monoisotopic (exact) mass is 259 g/mol. The Labute approximate surface area is 108 Å². The second-order valence-corrected chi connectivity index (χ2v) is 4.71. The average Bonchev–Trinajstić information content (AvgIpc) is 2.66. The summed E-state index contributed by atoms with van der Waals surface area (Å²) in [6, 6.07) is 0. The highest BCUT2D eigenvalue weighted by atomic mass is 35.5. The molecule has 98 valence electrons. The second kappa shape index (κ2) is 5.85. The molecule has 0 spiro atoms. The maximum atomic E-state index is 10.3. The van der Waals surface area contributed by atoms with Crippen molar-refractivity contribution in [2.75, 3.05) is 6.54 Å². The molecule has 1 aromatic rings. The first-order valence-electron chi connectivity index (χ1n) is 6.17. The van der Waals surface area contributed by atoms with Crippen molar-refractivity contribution >= 4 is 11.6 Å². The Morgan fingerprint density at radius 1 is 1.41 bits per heavy atom. The lowest BCUT2D eigenvalue weighted by Gasteiger charge is -2.25. The number of aliphatic hydroxyl groups is 1. The lowest BCUT2D eigenvalue weighted by atomic mass is 9.94. The number of aryl methyl sites for hydroxylation is 2. The maximum Gasteiger partial charge on any atom is 0.0851 e. The molecule has 0 saturated carbocycles. The van der Waals surface area contributed by atoms with Gasteiger partial charge in [-0.1, -0.05) is 25.4 Å². The minimum atomic E-state index is -0.887. The molecular formula is C12H22ClN3O. The van der Waals surface area contributed by atoms with Gasteiger partial charge < -0.3 is 10.8 Å². The minimum absolute atomic E-state index is 0.232. The first-order chi connectivity index (χ1) is 8.01. The van der Waals surface area contributed by atoms with E-state index in [2.05, 4.69) is 5.10 Å². The van der Waals surface area contributed by atoms with Crippen molar-refractivity contribution in [3.8, 4) is 0 Å². The van der Waals surface area contributed by atoms with Crippen molar-refractivity contribution in [3.63, 3.8) is 0 Å². The van der Waals surface area contributed by atoms with E-state index in [4.69, 9.17) is 17.3 Å². The van der Waals surface area contributed by atoms with Gasteiger partial charge in [0.15, 0.2) is 0 Å². The molecule has 1 unspecified atom stereocenters. The Balaban J connectivity index is 3.08. The van der Waals surface area contributed by atoms with Crippen LogP contribution in [0.5, 0.6) is 0 Å². The van der Waals surface area contributed by atoms with Crippen molar-refractivity contribution in [3.05, 3.63) is 16.4 Å². The summed E-state index contributed by atoms with van der Waals surface area (Å²) in [5.74, 6) is 0. The van der Waals surface area contributed by atoms with Crippen LogP contribution in [-0.2, 0) is 19.4 Å². The number of rotatable bonds is 6. The predicted molar refractivity (Wildman–Crippen MR) is 70.3 cm³/mol. The van der Waals surface area contributed by atoms with Crippen LogP contribution in [0.1, 0.15) is 38.6 Å². The summed E-state index contributed by atoms with van der Waals surface area (Å²) in [6.07, 6.45) is 1.86. The summed E-state index contributed by atoms with van der Waals surface area (Å²) in [4.78, 5) is 0. The fourth-order valence-electron chi connectivity index (χ4n) is 1.84. The van der Waals surface area contributed by atoms with Gasteiger partial charge in [-0.2, -0.15) is 5.10 Å². The number of aromatic nitrogens is 2. The molecule has 1 heterocycles. The summed E-state index contributed by atoms with van der Waals surface area (Å²) >= 11 is 6.29. The quantitative estimate of drug-likeness (QED) is 0.818. The van der Waals surface area contributed by atoms with Gasteiger partial charge in [0.2, 0.25) is 0 Å². The van der Waals surface area contributed by atoms with E-state index in [0.717, 1.165) is 24.4 Å². The van der Waals surface area contributed by atoms with Gasteiger partial charge in [0.05, 0.1) is 22.0 Å². The third kappa shape index (κ3) is 3.00. The highest BCUT2D eigenvalue weighted by molar-refractivity contribution is 6.31. The van der Waals surface area contributed by atoms with Gasteiger partial charge in [0.25, 0.3) is 0 Å². The molecule has 0 aliphatic carbocycles. The summed E-state index contributed by atoms with van der Waals surface area (Å²) < 4.78 is 1.86. The average molecular weight is 260 g/mol. The molecule has 0 aliphatic heterocycles. The first kappa shape index (κ1) is 14.5. The molecule has 0 aromatic carbocycles. The Morgan fingerprint density at radius 3 is 2.47 bits per heavy atom. The molecule has 1 rings (SSSR count). The zero-order chi connectivity index (χ0) is 13.1. The first-order valence-corrected chi connectivity index (χ1v) is 6.55. The predicted octanol–water partition coefficient (Wildman–Crippen LogP) is 1.76. The van der Waals surface area contributed by atoms with Crippen molar-refractivity contribution in [2.24, 2.45) is 5.73 Å². The molecule has 0 fully saturated rings. The Kier molecular flexibility index (Phi) is 4.98. The lowest BCUT2D eigenvalue weighted by molar-refractivity contribution is 0.0436. The van der Waals surface area contributed by atoms with Crippen LogP contribution in [0, 0.1) is 0 Å². The van der Waals surface area contributed by atoms with E-state index in [1.54, 1.807) is 0 Å². The van der Waals surface area contributed by atoms with E-state index in [1.165, 1.54) is 0 Å². The number of hydrogen-bond acceptors (Lipinski definition) is 3. The van der Waals surface area contributed by atoms with Crippen molar-refractivity contribution < 1.29 is 5.11 Å². The molecule has 1 atom stereocenters. The van der Waals surface area contributed by atoms with Gasteiger partial charge in [-0.25, -0.2) is 0 Å². The van der Waals surface area contributed by atoms with E-state index < -0.39 is 5.60 Å². The van der Waals surface area contributed by atoms with Crippen LogP contribution in [-0.4, -0.2) is 27.0 Å². The van der Waals surface area contributed by atoms with Gasteiger partial charge >= 0.3 is 0 Å². The molecule has 0 aliphatic rings. The number of halogens is 1. The Morgan fingerprint density at radius 2 is 2.06 bits per heavy atom. The molecule has 5 heteroatoms. The molecule has 0 amide bonds. The lowest BCUT2D eigenvalue weighted by Crippen LogP contribution is -2.40. The number of nitrogens with two attached hydrogens (primary N) is 1. The number of hydrogen-bond donors (Lipinski definition) is 2. The zero-order valence-corrected chi connectivity index (χ0v) is 11.6. The third-order valence-electron chi connectivity index (χ3n) is 3.23. The topological polar surface area (TPSA) is 64.1 Å². The van der Waals surface area contributed by atoms with E-state index in [-0.39, 0.29) is 6.54 Å². The van der Waals surface area contributed by atoms with Gasteiger partial charge in [-0.15, -0.1) is 0 Å². The van der Waals surface area contributed by atoms with Gasteiger partial charge in [0, 0.05) is 19.5 Å². The highest BCUT2D eigenvalue weighted by Crippen LogP contribution is 2.26. The second-order valence-electron chi connectivity index (χ2n) is 4.34. The fraction of sp³-hybridized carbons (Fsp3) is 0.750. The maximum absolute atomic E-state index is 10.3. The van der Waals surface area contributed by atoms with Crippen LogP contribution in [0.25, 0.3) is 0 Å². The van der Waals surface area contributed by atoms with Gasteiger partial charge in [-0.3, -0.25) is 4.68 Å². The minimum Gasteiger partial charge on any atom is -0.388 e. The Bertz CT molecular complexity index is 372. The molecule has 0 bridgehead atoms. The van der Waals surface area contributed by atoms with E-state index in [0.29, 0.717) is 17.9 Å². The van der Waals surface area contributed by atoms with Crippen molar-refractivity contribution in [1.82, 2.24) is 9.78 Å². The van der Waals surface area contributed by atoms with Crippen LogP contribution in [0.15, 0.2) is 0 Å². The molecule has 3 N–H and O–H groups in total. The molecule has 17 heavy (non-hydrogen) atoms. The van der Waals surface area contributed by atoms with Crippen LogP contribution >= 0.6 is 11.6 Å². The zero-order valence-electron chi connectivity index (χ0n) is 10.8. The third-order valence-corrected chi connectivity index (χ3v) is 3.67. The molecular weight excluding hydrogens is 238 g/mol. The highest BCUT2D eigenvalue weighted by Gasteiger charge is 2.27. The van der Waals surface area contributed by atoms with Crippen LogP contribution in [0.4, 0.5) is 0 Å². The standard InChI is InChI=1S/C12H22ClN3O/c1-4-9-11(13)10(16(6-3)15-9)7-12(17,5-2)8-14/h17H,4-8,14H2,1-3H3. The molecule has 4 nitrogen and oxygen atoms in total. The summed E-state index contributed by atoms with van der Waals surface area (Å²) in [5.41, 5.74) is 6.51. The molecule has 1 aromatic heterocycles. The van der Waals surface area contributed by atoms with E-state index >= 15 is 0 Å². The summed E-state index contributed by atoms with van der Waals surface area (Å²) in [5, 5.41) is 15.4. The van der Waals surface area contributed by atoms with Crippen molar-refractivity contribution in [2.45, 2.75) is 52.2 Å². The smallest absolute Gasteiger partial charge is 0.0851 e. The summed E-state index contributed by atoms with van der Waals surface area (Å²) in [7, 11) is 0. The Hall–Kier alpha value is -0.580. The van der Waals surface area contributed by atoms with E-state index in [1.807, 2.05) is 25.5 Å². The molecule has 0 saturated heterocycles. The van der Waals surface area contributed by atoms with Gasteiger partial charge in [0.1, 0.15) is 0 Å². The van der Waals surface area contributed by atoms with Crippen molar-refractivity contribution in [1.29, 1.82) is 0 Å². The number of nitrogens with zero attached hydrogens (tertiary/aromatic N) is 2. The normalized spacial score (nSPS) is 14.9.